The molecule has 20 heavy (non-hydrogen) atoms. The van der Waals surface area contributed by atoms with Gasteiger partial charge in [0.2, 0.25) is 5.91 Å². The summed E-state index contributed by atoms with van der Waals surface area (Å²) in [6.07, 6.45) is 1.89. The predicted molar refractivity (Wildman–Crippen MR) is 71.6 cm³/mol. The first-order valence-corrected chi connectivity index (χ1v) is 6.36. The number of amides is 2. The van der Waals surface area contributed by atoms with Crippen LogP contribution in [0.25, 0.3) is 0 Å². The van der Waals surface area contributed by atoms with E-state index in [9.17, 15) is 19.7 Å². The highest BCUT2D eigenvalue weighted by atomic mass is 35.5. The lowest BCUT2D eigenvalue weighted by molar-refractivity contribution is -0.385. The van der Waals surface area contributed by atoms with Crippen LogP contribution in [0.4, 0.5) is 5.69 Å². The summed E-state index contributed by atoms with van der Waals surface area (Å²) in [5.41, 5.74) is -0.517. The highest BCUT2D eigenvalue weighted by molar-refractivity contribution is 6.31. The van der Waals surface area contributed by atoms with Crippen LogP contribution in [-0.4, -0.2) is 29.3 Å². The first-order chi connectivity index (χ1) is 9.47. The van der Waals surface area contributed by atoms with E-state index in [4.69, 9.17) is 11.6 Å². The van der Waals surface area contributed by atoms with E-state index in [0.29, 0.717) is 0 Å². The number of nitrogens with zero attached hydrogens (tertiary/aromatic N) is 1. The molecule has 0 aromatic heterocycles. The highest BCUT2D eigenvalue weighted by Crippen LogP contribution is 2.22. The molecule has 2 amide bonds. The quantitative estimate of drug-likeness (QED) is 0.631. The molecule has 1 saturated carbocycles. The minimum atomic E-state index is -0.704. The smallest absolute Gasteiger partial charge is 0.282 e. The van der Waals surface area contributed by atoms with Crippen molar-refractivity contribution in [1.82, 2.24) is 10.6 Å². The van der Waals surface area contributed by atoms with Gasteiger partial charge in [0.1, 0.15) is 5.56 Å². The van der Waals surface area contributed by atoms with Gasteiger partial charge < -0.3 is 10.6 Å². The number of nitro groups is 1. The van der Waals surface area contributed by atoms with Crippen LogP contribution in [0.5, 0.6) is 0 Å². The average Bonchev–Trinajstić information content (AvgIpc) is 3.19. The molecule has 0 heterocycles. The Morgan fingerprint density at radius 3 is 2.70 bits per heavy atom. The molecule has 0 atom stereocenters. The third kappa shape index (κ3) is 3.67. The number of carbonyl (C=O) groups is 2. The van der Waals surface area contributed by atoms with Crippen molar-refractivity contribution in [2.45, 2.75) is 18.9 Å². The van der Waals surface area contributed by atoms with Gasteiger partial charge >= 0.3 is 0 Å². The largest absolute Gasteiger partial charge is 0.352 e. The molecule has 7 nitrogen and oxygen atoms in total. The average molecular weight is 298 g/mol. The second-order valence-electron chi connectivity index (χ2n) is 4.44. The number of halogens is 1. The molecule has 1 aromatic rings. The van der Waals surface area contributed by atoms with Crippen molar-refractivity contribution in [1.29, 1.82) is 0 Å². The summed E-state index contributed by atoms with van der Waals surface area (Å²) >= 11 is 5.72. The summed E-state index contributed by atoms with van der Waals surface area (Å²) in [4.78, 5) is 33.5. The second kappa shape index (κ2) is 5.87. The molecule has 2 N–H and O–H groups in total. The Morgan fingerprint density at radius 1 is 1.40 bits per heavy atom. The standard InChI is InChI=1S/C12H12ClN3O4/c13-7-1-4-10(16(19)20)9(5-7)12(18)14-6-11(17)15-8-2-3-8/h1,4-5,8H,2-3,6H2,(H,14,18)(H,15,17). The summed E-state index contributed by atoms with van der Waals surface area (Å²) in [7, 11) is 0. The van der Waals surface area contributed by atoms with E-state index in [-0.39, 0.29) is 34.8 Å². The van der Waals surface area contributed by atoms with E-state index in [0.717, 1.165) is 18.9 Å². The number of benzene rings is 1. The van der Waals surface area contributed by atoms with Gasteiger partial charge in [0.25, 0.3) is 11.6 Å². The van der Waals surface area contributed by atoms with Crippen molar-refractivity contribution in [3.05, 3.63) is 38.9 Å². The zero-order valence-electron chi connectivity index (χ0n) is 10.4. The van der Waals surface area contributed by atoms with Crippen molar-refractivity contribution < 1.29 is 14.5 Å². The fraction of sp³-hybridized carbons (Fsp3) is 0.333. The van der Waals surface area contributed by atoms with E-state index in [2.05, 4.69) is 10.6 Å². The molecule has 1 aliphatic carbocycles. The molecule has 0 bridgehead atoms. The minimum absolute atomic E-state index is 0.165. The second-order valence-corrected chi connectivity index (χ2v) is 4.88. The molecule has 0 aliphatic heterocycles. The fourth-order valence-electron chi connectivity index (χ4n) is 1.61. The molecule has 0 unspecified atom stereocenters. The molecule has 106 valence electrons. The summed E-state index contributed by atoms with van der Waals surface area (Å²) in [6, 6.07) is 3.88. The topological polar surface area (TPSA) is 101 Å². The number of nitrogens with one attached hydrogen (secondary N) is 2. The first-order valence-electron chi connectivity index (χ1n) is 5.99. The number of rotatable bonds is 5. The Balaban J connectivity index is 2.02. The van der Waals surface area contributed by atoms with Crippen LogP contribution in [0, 0.1) is 10.1 Å². The van der Waals surface area contributed by atoms with Crippen LogP contribution >= 0.6 is 11.6 Å². The van der Waals surface area contributed by atoms with Crippen molar-refractivity contribution in [2.75, 3.05) is 6.54 Å². The molecular formula is C12H12ClN3O4. The van der Waals surface area contributed by atoms with Gasteiger partial charge in [0.15, 0.2) is 0 Å². The molecule has 0 spiro atoms. The Hall–Kier alpha value is -2.15. The van der Waals surface area contributed by atoms with Gasteiger partial charge in [0.05, 0.1) is 11.5 Å². The van der Waals surface area contributed by atoms with Crippen LogP contribution < -0.4 is 10.6 Å². The van der Waals surface area contributed by atoms with Crippen LogP contribution in [0.2, 0.25) is 5.02 Å². The third-order valence-electron chi connectivity index (χ3n) is 2.75. The van der Waals surface area contributed by atoms with Crippen LogP contribution in [0.15, 0.2) is 18.2 Å². The Labute approximate surface area is 119 Å². The van der Waals surface area contributed by atoms with Crippen LogP contribution in [0.3, 0.4) is 0 Å². The SMILES string of the molecule is O=C(CNC(=O)c1cc(Cl)ccc1[N+](=O)[O-])NC1CC1. The van der Waals surface area contributed by atoms with E-state index in [1.165, 1.54) is 12.1 Å². The summed E-state index contributed by atoms with van der Waals surface area (Å²) in [5.74, 6) is -1.02. The lowest BCUT2D eigenvalue weighted by Gasteiger charge is -2.06. The Morgan fingerprint density at radius 2 is 2.10 bits per heavy atom. The van der Waals surface area contributed by atoms with Gasteiger partial charge in [-0.25, -0.2) is 0 Å². The molecular weight excluding hydrogens is 286 g/mol. The van der Waals surface area contributed by atoms with Crippen molar-refractivity contribution in [3.63, 3.8) is 0 Å². The van der Waals surface area contributed by atoms with Crippen LogP contribution in [-0.2, 0) is 4.79 Å². The lowest BCUT2D eigenvalue weighted by atomic mass is 10.1. The molecule has 0 saturated heterocycles. The van der Waals surface area contributed by atoms with Crippen molar-refractivity contribution >= 4 is 29.1 Å². The van der Waals surface area contributed by atoms with Gasteiger partial charge in [-0.15, -0.1) is 0 Å². The molecule has 8 heteroatoms. The maximum Gasteiger partial charge on any atom is 0.282 e. The molecule has 1 aromatic carbocycles. The minimum Gasteiger partial charge on any atom is -0.352 e. The number of nitro benzene ring substituents is 1. The number of carbonyl (C=O) groups excluding carboxylic acids is 2. The number of hydrogen-bond donors (Lipinski definition) is 2. The molecule has 1 aliphatic rings. The number of hydrogen-bond acceptors (Lipinski definition) is 4. The van der Waals surface area contributed by atoms with Gasteiger partial charge in [-0.05, 0) is 25.0 Å². The monoisotopic (exact) mass is 297 g/mol. The summed E-state index contributed by atoms with van der Waals surface area (Å²) in [6.45, 7) is -0.223. The zero-order chi connectivity index (χ0) is 14.7. The fourth-order valence-corrected chi connectivity index (χ4v) is 1.78. The maximum absolute atomic E-state index is 11.9. The summed E-state index contributed by atoms with van der Waals surface area (Å²) < 4.78 is 0. The highest BCUT2D eigenvalue weighted by Gasteiger charge is 2.24. The van der Waals surface area contributed by atoms with Gasteiger partial charge in [0, 0.05) is 17.1 Å². The molecule has 2 rings (SSSR count). The van der Waals surface area contributed by atoms with E-state index < -0.39 is 10.8 Å². The summed E-state index contributed by atoms with van der Waals surface area (Å²) in [5, 5.41) is 16.1. The predicted octanol–water partition coefficient (Wildman–Crippen LogP) is 1.26. The Bertz CT molecular complexity index is 572. The van der Waals surface area contributed by atoms with Crippen molar-refractivity contribution in [3.8, 4) is 0 Å². The molecule has 1 fully saturated rings. The van der Waals surface area contributed by atoms with E-state index in [1.54, 1.807) is 0 Å². The normalized spacial score (nSPS) is 13.7. The van der Waals surface area contributed by atoms with E-state index in [1.807, 2.05) is 0 Å². The van der Waals surface area contributed by atoms with Gasteiger partial charge in [-0.3, -0.25) is 19.7 Å². The van der Waals surface area contributed by atoms with Crippen molar-refractivity contribution in [2.24, 2.45) is 0 Å². The third-order valence-corrected chi connectivity index (χ3v) is 2.99. The lowest BCUT2D eigenvalue weighted by Crippen LogP contribution is -2.38. The zero-order valence-corrected chi connectivity index (χ0v) is 11.1. The van der Waals surface area contributed by atoms with E-state index >= 15 is 0 Å². The van der Waals surface area contributed by atoms with Gasteiger partial charge in [-0.2, -0.15) is 0 Å². The first kappa shape index (κ1) is 14.3. The molecule has 0 radical (unpaired) electrons. The van der Waals surface area contributed by atoms with Crippen LogP contribution in [0.1, 0.15) is 23.2 Å². The Kier molecular flexibility index (Phi) is 4.19. The maximum atomic E-state index is 11.9. The van der Waals surface area contributed by atoms with Gasteiger partial charge in [-0.1, -0.05) is 11.6 Å².